The molecule has 3 aliphatic rings. The molecule has 2 aromatic rings. The number of anilines is 1. The van der Waals surface area contributed by atoms with Gasteiger partial charge in [-0.1, -0.05) is 13.0 Å². The fourth-order valence-electron chi connectivity index (χ4n) is 5.91. The third-order valence-electron chi connectivity index (χ3n) is 8.40. The summed E-state index contributed by atoms with van der Waals surface area (Å²) >= 11 is 0. The van der Waals surface area contributed by atoms with E-state index < -0.39 is 0 Å². The summed E-state index contributed by atoms with van der Waals surface area (Å²) in [5, 5.41) is 9.54. The number of amides is 1. The van der Waals surface area contributed by atoms with Gasteiger partial charge in [0, 0.05) is 49.6 Å². The van der Waals surface area contributed by atoms with E-state index in [4.69, 9.17) is 4.74 Å². The molecule has 2 fully saturated rings. The topological polar surface area (TPSA) is 78.8 Å². The van der Waals surface area contributed by atoms with E-state index in [1.165, 1.54) is 6.07 Å². The maximum atomic E-state index is 15.0. The lowest BCUT2D eigenvalue weighted by molar-refractivity contribution is -0.137. The average molecular weight is 523 g/mol. The first-order chi connectivity index (χ1) is 18.6. The minimum Gasteiger partial charge on any atom is -0.493 e. The quantitative estimate of drug-likeness (QED) is 0.544. The van der Waals surface area contributed by atoms with Crippen molar-refractivity contribution < 1.29 is 19.0 Å². The number of piperidine rings is 1. The highest BCUT2D eigenvalue weighted by Gasteiger charge is 2.33. The fourth-order valence-corrected chi connectivity index (χ4v) is 5.91. The highest BCUT2D eigenvalue weighted by molar-refractivity contribution is 5.81. The van der Waals surface area contributed by atoms with Crippen LogP contribution in [0.25, 0.3) is 5.57 Å². The van der Waals surface area contributed by atoms with Crippen molar-refractivity contribution in [1.82, 2.24) is 14.9 Å². The Morgan fingerprint density at radius 1 is 1.13 bits per heavy atom. The van der Waals surface area contributed by atoms with E-state index in [2.05, 4.69) is 21.8 Å². The Labute approximate surface area is 224 Å². The van der Waals surface area contributed by atoms with Crippen molar-refractivity contribution in [1.29, 1.82) is 0 Å². The maximum absolute atomic E-state index is 15.0. The normalized spacial score (nSPS) is 22.4. The first kappa shape index (κ1) is 26.6. The van der Waals surface area contributed by atoms with Gasteiger partial charge >= 0.3 is 0 Å². The zero-order valence-corrected chi connectivity index (χ0v) is 22.3. The average Bonchev–Trinajstić information content (AvgIpc) is 3.45. The van der Waals surface area contributed by atoms with Crippen LogP contribution in [0.4, 0.5) is 10.3 Å². The fraction of sp³-hybridized carbons (Fsp3) is 0.567. The Bertz CT molecular complexity index is 1130. The standard InChI is InChI=1S/C30H39FN4O3/c1-2-21-17-32-30(33-18-21)34-14-11-22(12-15-34)20-38-26-9-10-27(28(31)16-26)23-5-7-24(8-6-23)29(37)35-13-3-4-25(35)19-36/h5,9-10,16-18,22,24-25,36H,2-4,6-8,11-15,19-20H2,1H3/t24?,25-/m1/s1. The number of aromatic nitrogens is 2. The first-order valence-electron chi connectivity index (χ1n) is 14.1. The van der Waals surface area contributed by atoms with E-state index in [9.17, 15) is 9.90 Å². The van der Waals surface area contributed by atoms with Crippen LogP contribution in [0.3, 0.4) is 0 Å². The lowest BCUT2D eigenvalue weighted by atomic mass is 9.85. The zero-order valence-electron chi connectivity index (χ0n) is 22.3. The van der Waals surface area contributed by atoms with Crippen molar-refractivity contribution in [2.24, 2.45) is 11.8 Å². The molecule has 38 heavy (non-hydrogen) atoms. The Kier molecular flexibility index (Phi) is 8.57. The van der Waals surface area contributed by atoms with Gasteiger partial charge in [0.25, 0.3) is 0 Å². The van der Waals surface area contributed by atoms with Crippen molar-refractivity contribution >= 4 is 17.4 Å². The van der Waals surface area contributed by atoms with E-state index in [1.807, 2.05) is 29.4 Å². The number of aliphatic hydroxyl groups is 1. The van der Waals surface area contributed by atoms with Gasteiger partial charge in [0.2, 0.25) is 11.9 Å². The molecule has 7 nitrogen and oxygen atoms in total. The minimum atomic E-state index is -0.277. The Hall–Kier alpha value is -3.00. The van der Waals surface area contributed by atoms with Gasteiger partial charge in [-0.15, -0.1) is 0 Å². The van der Waals surface area contributed by atoms with Crippen LogP contribution < -0.4 is 9.64 Å². The predicted octanol–water partition coefficient (Wildman–Crippen LogP) is 4.64. The van der Waals surface area contributed by atoms with Crippen LogP contribution in [0, 0.1) is 17.7 Å². The van der Waals surface area contributed by atoms with Gasteiger partial charge in [-0.3, -0.25) is 4.79 Å². The second-order valence-electron chi connectivity index (χ2n) is 10.8. The number of ether oxygens (including phenoxy) is 1. The molecule has 2 atom stereocenters. The molecule has 2 saturated heterocycles. The number of halogens is 1. The zero-order chi connectivity index (χ0) is 26.5. The Morgan fingerprint density at radius 2 is 1.92 bits per heavy atom. The van der Waals surface area contributed by atoms with Crippen LogP contribution in [-0.4, -0.2) is 64.8 Å². The molecule has 1 aromatic carbocycles. The van der Waals surface area contributed by atoms with Gasteiger partial charge in [0.1, 0.15) is 11.6 Å². The highest BCUT2D eigenvalue weighted by atomic mass is 19.1. The van der Waals surface area contributed by atoms with Crippen LogP contribution in [0.5, 0.6) is 5.75 Å². The van der Waals surface area contributed by atoms with Crippen LogP contribution in [0.2, 0.25) is 0 Å². The number of allylic oxidation sites excluding steroid dienone is 2. The second-order valence-corrected chi connectivity index (χ2v) is 10.8. The van der Waals surface area contributed by atoms with Gasteiger partial charge in [0.15, 0.2) is 0 Å². The molecule has 1 unspecified atom stereocenters. The van der Waals surface area contributed by atoms with Crippen LogP contribution in [0.15, 0.2) is 36.7 Å². The van der Waals surface area contributed by atoms with Gasteiger partial charge in [0.05, 0.1) is 19.3 Å². The summed E-state index contributed by atoms with van der Waals surface area (Å²) in [5.74, 6) is 1.54. The minimum absolute atomic E-state index is 0.0286. The van der Waals surface area contributed by atoms with Crippen LogP contribution in [-0.2, 0) is 11.2 Å². The number of carbonyl (C=O) groups is 1. The van der Waals surface area contributed by atoms with E-state index in [0.717, 1.165) is 68.8 Å². The molecule has 0 radical (unpaired) electrons. The molecular weight excluding hydrogens is 483 g/mol. The first-order valence-corrected chi connectivity index (χ1v) is 14.1. The molecule has 1 amide bonds. The molecule has 5 rings (SSSR count). The summed E-state index contributed by atoms with van der Waals surface area (Å²) in [4.78, 5) is 26.0. The SMILES string of the molecule is CCc1cnc(N2CCC(COc3ccc(C4=CCC(C(=O)N5CCC[C@@H]5CO)CC4)c(F)c3)CC2)nc1. The number of carbonyl (C=O) groups excluding carboxylic acids is 1. The number of aryl methyl sites for hydroxylation is 1. The summed E-state index contributed by atoms with van der Waals surface area (Å²) in [6.07, 6.45) is 12.6. The smallest absolute Gasteiger partial charge is 0.226 e. The summed E-state index contributed by atoms with van der Waals surface area (Å²) in [6, 6.07) is 5.10. The van der Waals surface area contributed by atoms with Gasteiger partial charge in [-0.25, -0.2) is 14.4 Å². The largest absolute Gasteiger partial charge is 0.493 e. The number of benzene rings is 1. The summed E-state index contributed by atoms with van der Waals surface area (Å²) in [5.41, 5.74) is 2.70. The van der Waals surface area contributed by atoms with E-state index in [-0.39, 0.29) is 30.3 Å². The van der Waals surface area contributed by atoms with Crippen molar-refractivity contribution in [3.05, 3.63) is 53.6 Å². The monoisotopic (exact) mass is 522 g/mol. The lowest BCUT2D eigenvalue weighted by Gasteiger charge is -2.31. The molecule has 1 N–H and O–H groups in total. The van der Waals surface area contributed by atoms with Crippen molar-refractivity contribution in [3.63, 3.8) is 0 Å². The summed E-state index contributed by atoms with van der Waals surface area (Å²) in [6.45, 7) is 5.21. The molecule has 2 aliphatic heterocycles. The Morgan fingerprint density at radius 3 is 2.58 bits per heavy atom. The number of aliphatic hydroxyl groups excluding tert-OH is 1. The number of rotatable bonds is 8. The van der Waals surface area contributed by atoms with E-state index in [0.29, 0.717) is 43.1 Å². The predicted molar refractivity (Wildman–Crippen MR) is 145 cm³/mol. The third kappa shape index (κ3) is 6.01. The number of likely N-dealkylation sites (tertiary alicyclic amines) is 1. The molecule has 1 aromatic heterocycles. The lowest BCUT2D eigenvalue weighted by Crippen LogP contribution is -2.41. The molecule has 8 heteroatoms. The summed E-state index contributed by atoms with van der Waals surface area (Å²) in [7, 11) is 0. The van der Waals surface area contributed by atoms with E-state index >= 15 is 4.39 Å². The highest BCUT2D eigenvalue weighted by Crippen LogP contribution is 2.35. The van der Waals surface area contributed by atoms with Gasteiger partial charge in [-0.05, 0) is 80.6 Å². The number of hydrogen-bond donors (Lipinski definition) is 1. The third-order valence-corrected chi connectivity index (χ3v) is 8.40. The van der Waals surface area contributed by atoms with Crippen molar-refractivity contribution in [2.75, 3.05) is 37.7 Å². The molecule has 0 spiro atoms. The van der Waals surface area contributed by atoms with Crippen LogP contribution >= 0.6 is 0 Å². The summed E-state index contributed by atoms with van der Waals surface area (Å²) < 4.78 is 21.0. The molecule has 0 saturated carbocycles. The van der Waals surface area contributed by atoms with E-state index in [1.54, 1.807) is 6.07 Å². The van der Waals surface area contributed by atoms with Crippen LogP contribution in [0.1, 0.15) is 63.0 Å². The van der Waals surface area contributed by atoms with Gasteiger partial charge in [-0.2, -0.15) is 0 Å². The van der Waals surface area contributed by atoms with Crippen molar-refractivity contribution in [2.45, 2.75) is 64.3 Å². The molecule has 1 aliphatic carbocycles. The molecule has 3 heterocycles. The molecular formula is C30H39FN4O3. The van der Waals surface area contributed by atoms with Gasteiger partial charge < -0.3 is 19.6 Å². The second kappa shape index (κ2) is 12.2. The van der Waals surface area contributed by atoms with Crippen molar-refractivity contribution in [3.8, 4) is 5.75 Å². The maximum Gasteiger partial charge on any atom is 0.226 e. The number of nitrogens with zero attached hydrogens (tertiary/aromatic N) is 4. The Balaban J connectivity index is 1.10. The number of hydrogen-bond acceptors (Lipinski definition) is 6. The molecule has 0 bridgehead atoms. The molecule has 204 valence electrons.